The normalized spacial score (nSPS) is 11.7. The van der Waals surface area contributed by atoms with E-state index in [9.17, 15) is 13.2 Å². The smallest absolute Gasteiger partial charge is 0.243 e. The van der Waals surface area contributed by atoms with Crippen molar-refractivity contribution in [2.45, 2.75) is 38.1 Å². The number of aryl methyl sites for hydroxylation is 1. The lowest BCUT2D eigenvalue weighted by molar-refractivity contribution is -0.115. The average molecular weight is 433 g/mol. The van der Waals surface area contributed by atoms with E-state index in [4.69, 9.17) is 4.42 Å². The number of benzene rings is 1. The van der Waals surface area contributed by atoms with Crippen LogP contribution in [0.15, 0.2) is 63.6 Å². The Bertz CT molecular complexity index is 1040. The van der Waals surface area contributed by atoms with Crippen LogP contribution in [0.2, 0.25) is 0 Å². The maximum atomic E-state index is 13.4. The summed E-state index contributed by atoms with van der Waals surface area (Å²) in [6.07, 6.45) is 4.10. The molecule has 6 nitrogen and oxygen atoms in total. The summed E-state index contributed by atoms with van der Waals surface area (Å²) < 4.78 is 33.5. The third-order valence-corrected chi connectivity index (χ3v) is 7.47. The number of thiophene rings is 1. The number of hydrogen-bond donors (Lipinski definition) is 1. The van der Waals surface area contributed by atoms with Crippen LogP contribution in [0.4, 0.5) is 5.69 Å². The molecule has 0 fully saturated rings. The van der Waals surface area contributed by atoms with Crippen LogP contribution in [0, 0.1) is 6.92 Å². The van der Waals surface area contributed by atoms with Crippen molar-refractivity contribution >= 4 is 33.0 Å². The molecule has 0 atom stereocenters. The summed E-state index contributed by atoms with van der Waals surface area (Å²) in [7, 11) is -3.73. The molecular formula is C21H24N2O4S2. The molecule has 1 aromatic carbocycles. The van der Waals surface area contributed by atoms with Gasteiger partial charge in [-0.3, -0.25) is 4.79 Å². The molecule has 1 amide bonds. The van der Waals surface area contributed by atoms with Gasteiger partial charge in [-0.2, -0.15) is 4.31 Å². The Morgan fingerprint density at radius 2 is 2.07 bits per heavy atom. The molecule has 0 saturated heterocycles. The number of carbonyl (C=O) groups excluding carboxylic acids is 1. The predicted molar refractivity (Wildman–Crippen MR) is 114 cm³/mol. The van der Waals surface area contributed by atoms with Crippen molar-refractivity contribution in [3.05, 3.63) is 70.3 Å². The van der Waals surface area contributed by atoms with Gasteiger partial charge in [0.2, 0.25) is 15.9 Å². The summed E-state index contributed by atoms with van der Waals surface area (Å²) in [5, 5.41) is 4.75. The maximum absolute atomic E-state index is 13.4. The summed E-state index contributed by atoms with van der Waals surface area (Å²) >= 11 is 1.61. The molecule has 0 unspecified atom stereocenters. The minimum absolute atomic E-state index is 0.113. The SMILES string of the molecule is CCC(=O)Nc1ccc(S(=O)(=O)N(CCc2cccs2)Cc2ccoc2)c(C)c1. The number of hydrogen-bond acceptors (Lipinski definition) is 5. The van der Waals surface area contributed by atoms with Crippen molar-refractivity contribution < 1.29 is 17.6 Å². The van der Waals surface area contributed by atoms with E-state index in [1.165, 1.54) is 10.6 Å². The van der Waals surface area contributed by atoms with E-state index in [0.717, 1.165) is 10.4 Å². The van der Waals surface area contributed by atoms with Crippen LogP contribution in [0.3, 0.4) is 0 Å². The second-order valence-electron chi connectivity index (χ2n) is 6.68. The third-order valence-electron chi connectivity index (χ3n) is 4.52. The lowest BCUT2D eigenvalue weighted by Crippen LogP contribution is -2.32. The first kappa shape index (κ1) is 21.3. The Morgan fingerprint density at radius 3 is 2.69 bits per heavy atom. The molecule has 0 radical (unpaired) electrons. The zero-order valence-electron chi connectivity index (χ0n) is 16.4. The van der Waals surface area contributed by atoms with Crippen molar-refractivity contribution in [2.75, 3.05) is 11.9 Å². The van der Waals surface area contributed by atoms with Gasteiger partial charge in [0.05, 0.1) is 17.4 Å². The lowest BCUT2D eigenvalue weighted by atomic mass is 10.2. The molecule has 0 aliphatic carbocycles. The zero-order chi connectivity index (χ0) is 20.9. The number of furan rings is 1. The monoisotopic (exact) mass is 432 g/mol. The Hall–Kier alpha value is -2.42. The highest BCUT2D eigenvalue weighted by Crippen LogP contribution is 2.25. The quantitative estimate of drug-likeness (QED) is 0.542. The molecule has 3 aromatic rings. The maximum Gasteiger partial charge on any atom is 0.243 e. The van der Waals surface area contributed by atoms with E-state index in [1.54, 1.807) is 55.7 Å². The molecule has 3 rings (SSSR count). The molecule has 0 saturated carbocycles. The van der Waals surface area contributed by atoms with Crippen LogP contribution in [-0.4, -0.2) is 25.2 Å². The van der Waals surface area contributed by atoms with Crippen molar-refractivity contribution in [2.24, 2.45) is 0 Å². The summed E-state index contributed by atoms with van der Waals surface area (Å²) in [5.74, 6) is -0.113. The number of carbonyl (C=O) groups is 1. The third kappa shape index (κ3) is 5.35. The highest BCUT2D eigenvalue weighted by atomic mass is 32.2. The molecule has 0 aliphatic heterocycles. The molecular weight excluding hydrogens is 408 g/mol. The molecule has 2 aromatic heterocycles. The fourth-order valence-corrected chi connectivity index (χ4v) is 5.30. The molecule has 0 spiro atoms. The van der Waals surface area contributed by atoms with Crippen LogP contribution in [0.1, 0.15) is 29.3 Å². The van der Waals surface area contributed by atoms with Gasteiger partial charge in [-0.25, -0.2) is 8.42 Å². The van der Waals surface area contributed by atoms with Crippen LogP contribution in [-0.2, 0) is 27.8 Å². The first-order chi connectivity index (χ1) is 13.9. The Kier molecular flexibility index (Phi) is 6.89. The number of amides is 1. The standard InChI is InChI=1S/C21H24N2O4S2/c1-3-21(24)22-18-6-7-20(16(2)13-18)29(25,26)23(14-17-9-11-27-15-17)10-8-19-5-4-12-28-19/h4-7,9,11-13,15H,3,8,10,14H2,1-2H3,(H,22,24). The minimum Gasteiger partial charge on any atom is -0.472 e. The van der Waals surface area contributed by atoms with Crippen LogP contribution < -0.4 is 5.32 Å². The van der Waals surface area contributed by atoms with Gasteiger partial charge in [0.25, 0.3) is 0 Å². The van der Waals surface area contributed by atoms with Crippen LogP contribution in [0.25, 0.3) is 0 Å². The minimum atomic E-state index is -3.73. The number of sulfonamides is 1. The van der Waals surface area contributed by atoms with E-state index < -0.39 is 10.0 Å². The van der Waals surface area contributed by atoms with Crippen LogP contribution >= 0.6 is 11.3 Å². The second kappa shape index (κ2) is 9.39. The van der Waals surface area contributed by atoms with Gasteiger partial charge in [-0.05, 0) is 54.6 Å². The van der Waals surface area contributed by atoms with Crippen molar-refractivity contribution in [1.82, 2.24) is 4.31 Å². The second-order valence-corrected chi connectivity index (χ2v) is 9.62. The molecule has 154 valence electrons. The molecule has 0 aliphatic rings. The summed E-state index contributed by atoms with van der Waals surface area (Å²) in [4.78, 5) is 13.0. The van der Waals surface area contributed by atoms with E-state index in [1.807, 2.05) is 17.5 Å². The average Bonchev–Trinajstić information content (AvgIpc) is 3.38. The topological polar surface area (TPSA) is 79.6 Å². The van der Waals surface area contributed by atoms with E-state index in [0.29, 0.717) is 30.6 Å². The first-order valence-corrected chi connectivity index (χ1v) is 11.7. The Morgan fingerprint density at radius 1 is 1.24 bits per heavy atom. The number of nitrogens with one attached hydrogen (secondary N) is 1. The summed E-state index contributed by atoms with van der Waals surface area (Å²) in [5.41, 5.74) is 1.98. The zero-order valence-corrected chi connectivity index (χ0v) is 18.1. The fraction of sp³-hybridized carbons (Fsp3) is 0.286. The highest BCUT2D eigenvalue weighted by Gasteiger charge is 2.26. The summed E-state index contributed by atoms with van der Waals surface area (Å²) in [6.45, 7) is 4.10. The van der Waals surface area contributed by atoms with Gasteiger partial charge >= 0.3 is 0 Å². The fourth-order valence-electron chi connectivity index (χ4n) is 2.97. The molecule has 29 heavy (non-hydrogen) atoms. The van der Waals surface area contributed by atoms with Gasteiger partial charge < -0.3 is 9.73 Å². The Labute approximate surface area is 175 Å². The molecule has 8 heteroatoms. The predicted octanol–water partition coefficient (Wildman–Crippen LogP) is 4.43. The summed E-state index contributed by atoms with van der Waals surface area (Å²) in [6, 6.07) is 10.6. The lowest BCUT2D eigenvalue weighted by Gasteiger charge is -2.23. The number of rotatable bonds is 9. The largest absolute Gasteiger partial charge is 0.472 e. The van der Waals surface area contributed by atoms with E-state index in [2.05, 4.69) is 5.32 Å². The highest BCUT2D eigenvalue weighted by molar-refractivity contribution is 7.89. The van der Waals surface area contributed by atoms with Gasteiger partial charge in [0.1, 0.15) is 0 Å². The van der Waals surface area contributed by atoms with Gasteiger partial charge in [0.15, 0.2) is 0 Å². The van der Waals surface area contributed by atoms with Crippen molar-refractivity contribution in [3.63, 3.8) is 0 Å². The van der Waals surface area contributed by atoms with Crippen LogP contribution in [0.5, 0.6) is 0 Å². The number of anilines is 1. The Balaban J connectivity index is 1.87. The van der Waals surface area contributed by atoms with E-state index >= 15 is 0 Å². The van der Waals surface area contributed by atoms with Crippen molar-refractivity contribution in [1.29, 1.82) is 0 Å². The molecule has 2 heterocycles. The first-order valence-electron chi connectivity index (χ1n) is 9.34. The van der Waals surface area contributed by atoms with Gasteiger partial charge in [-0.1, -0.05) is 13.0 Å². The molecule has 0 bridgehead atoms. The van der Waals surface area contributed by atoms with Gasteiger partial charge in [0, 0.05) is 35.6 Å². The number of nitrogens with zero attached hydrogens (tertiary/aromatic N) is 1. The van der Waals surface area contributed by atoms with E-state index in [-0.39, 0.29) is 17.3 Å². The molecule has 1 N–H and O–H groups in total. The van der Waals surface area contributed by atoms with Crippen molar-refractivity contribution in [3.8, 4) is 0 Å². The van der Waals surface area contributed by atoms with Gasteiger partial charge in [-0.15, -0.1) is 11.3 Å².